The van der Waals surface area contributed by atoms with Crippen LogP contribution in [0, 0.1) is 5.92 Å². The van der Waals surface area contributed by atoms with Crippen molar-refractivity contribution < 1.29 is 0 Å². The van der Waals surface area contributed by atoms with Crippen molar-refractivity contribution in [1.82, 2.24) is 9.55 Å². The summed E-state index contributed by atoms with van der Waals surface area (Å²) in [6, 6.07) is 8.41. The first kappa shape index (κ1) is 12.8. The topological polar surface area (TPSA) is 43.8 Å². The third-order valence-corrected chi connectivity index (χ3v) is 3.36. The minimum atomic E-state index is 0.0115. The van der Waals surface area contributed by atoms with Gasteiger partial charge < -0.3 is 10.3 Å². The Morgan fingerprint density at radius 3 is 2.67 bits per heavy atom. The summed E-state index contributed by atoms with van der Waals surface area (Å²) in [6.45, 7) is 6.43. The van der Waals surface area contributed by atoms with Gasteiger partial charge in [-0.1, -0.05) is 39.0 Å². The van der Waals surface area contributed by atoms with Crippen LogP contribution in [0.4, 0.5) is 0 Å². The highest BCUT2D eigenvalue weighted by Gasteiger charge is 2.16. The van der Waals surface area contributed by atoms with Crippen molar-refractivity contribution in [1.29, 1.82) is 0 Å². The Labute approximate surface area is 109 Å². The van der Waals surface area contributed by atoms with Gasteiger partial charge in [0.1, 0.15) is 0 Å². The normalized spacial score (nSPS) is 12.9. The molecule has 0 aliphatic carbocycles. The van der Waals surface area contributed by atoms with Gasteiger partial charge in [0.2, 0.25) is 0 Å². The van der Waals surface area contributed by atoms with E-state index in [1.165, 1.54) is 11.3 Å². The zero-order valence-electron chi connectivity index (χ0n) is 11.3. The molecule has 3 nitrogen and oxygen atoms in total. The van der Waals surface area contributed by atoms with E-state index in [0.29, 0.717) is 5.92 Å². The average molecular weight is 243 g/mol. The highest BCUT2D eigenvalue weighted by atomic mass is 15.1. The molecular formula is C15H21N3. The second-order valence-electron chi connectivity index (χ2n) is 4.94. The molecule has 18 heavy (non-hydrogen) atoms. The summed E-state index contributed by atoms with van der Waals surface area (Å²) < 4.78 is 2.11. The second kappa shape index (κ2) is 5.36. The fourth-order valence-corrected chi connectivity index (χ4v) is 2.14. The van der Waals surface area contributed by atoms with E-state index in [1.54, 1.807) is 0 Å². The largest absolute Gasteiger partial charge is 0.322 e. The first-order chi connectivity index (χ1) is 8.65. The van der Waals surface area contributed by atoms with Gasteiger partial charge in [0.25, 0.3) is 0 Å². The van der Waals surface area contributed by atoms with Crippen LogP contribution in [0.5, 0.6) is 0 Å². The molecule has 1 unspecified atom stereocenters. The Morgan fingerprint density at radius 1 is 1.28 bits per heavy atom. The van der Waals surface area contributed by atoms with Crippen molar-refractivity contribution >= 4 is 0 Å². The lowest BCUT2D eigenvalue weighted by Gasteiger charge is -2.19. The van der Waals surface area contributed by atoms with Gasteiger partial charge in [-0.2, -0.15) is 0 Å². The number of para-hydroxylation sites is 1. The summed E-state index contributed by atoms with van der Waals surface area (Å²) in [7, 11) is 0. The molecule has 0 aliphatic rings. The lowest BCUT2D eigenvalue weighted by Crippen LogP contribution is -2.20. The van der Waals surface area contributed by atoms with Crippen LogP contribution < -0.4 is 5.73 Å². The Morgan fingerprint density at radius 2 is 2.00 bits per heavy atom. The van der Waals surface area contributed by atoms with Crippen molar-refractivity contribution in [3.05, 3.63) is 48.0 Å². The van der Waals surface area contributed by atoms with Crippen LogP contribution in [0.15, 0.2) is 36.8 Å². The van der Waals surface area contributed by atoms with Crippen LogP contribution in [0.25, 0.3) is 5.69 Å². The number of nitrogens with two attached hydrogens (primary N) is 1. The van der Waals surface area contributed by atoms with Crippen molar-refractivity contribution in [2.75, 3.05) is 0 Å². The third kappa shape index (κ3) is 2.31. The molecule has 1 aromatic carbocycles. The Balaban J connectivity index is 2.49. The maximum atomic E-state index is 6.25. The number of imidazole rings is 1. The van der Waals surface area contributed by atoms with Crippen LogP contribution in [-0.4, -0.2) is 9.55 Å². The van der Waals surface area contributed by atoms with Crippen molar-refractivity contribution in [2.45, 2.75) is 33.2 Å². The average Bonchev–Trinajstić information content (AvgIpc) is 2.86. The van der Waals surface area contributed by atoms with Crippen LogP contribution >= 0.6 is 0 Å². The number of aryl methyl sites for hydroxylation is 1. The van der Waals surface area contributed by atoms with Crippen LogP contribution in [0.3, 0.4) is 0 Å². The van der Waals surface area contributed by atoms with Crippen LogP contribution in [0.1, 0.15) is 38.1 Å². The quantitative estimate of drug-likeness (QED) is 0.896. The van der Waals surface area contributed by atoms with Gasteiger partial charge in [-0.25, -0.2) is 4.98 Å². The van der Waals surface area contributed by atoms with Gasteiger partial charge >= 0.3 is 0 Å². The number of nitrogens with zero attached hydrogens (tertiary/aromatic N) is 2. The summed E-state index contributed by atoms with van der Waals surface area (Å²) >= 11 is 0. The predicted molar refractivity (Wildman–Crippen MR) is 74.7 cm³/mol. The number of rotatable bonds is 4. The molecule has 1 aromatic heterocycles. The molecule has 0 aliphatic heterocycles. The zero-order valence-corrected chi connectivity index (χ0v) is 11.3. The third-order valence-electron chi connectivity index (χ3n) is 3.36. The SMILES string of the molecule is CCc1ccccc1-n1cncc1C(N)C(C)C. The Hall–Kier alpha value is -1.61. The number of hydrogen-bond donors (Lipinski definition) is 1. The van der Waals surface area contributed by atoms with Gasteiger partial charge in [-0.3, -0.25) is 0 Å². The molecule has 2 N–H and O–H groups in total. The molecule has 0 radical (unpaired) electrons. The fraction of sp³-hybridized carbons (Fsp3) is 0.400. The van der Waals surface area contributed by atoms with E-state index in [2.05, 4.69) is 54.6 Å². The van der Waals surface area contributed by atoms with Crippen LogP contribution in [-0.2, 0) is 6.42 Å². The Bertz CT molecular complexity index is 514. The van der Waals surface area contributed by atoms with E-state index < -0.39 is 0 Å². The minimum absolute atomic E-state index is 0.0115. The van der Waals surface area contributed by atoms with Crippen molar-refractivity contribution in [3.8, 4) is 5.69 Å². The van der Waals surface area contributed by atoms with Gasteiger partial charge in [0.15, 0.2) is 0 Å². The lowest BCUT2D eigenvalue weighted by molar-refractivity contribution is 0.496. The van der Waals surface area contributed by atoms with Gasteiger partial charge in [-0.15, -0.1) is 0 Å². The maximum Gasteiger partial charge on any atom is 0.0994 e. The molecule has 2 rings (SSSR count). The fourth-order valence-electron chi connectivity index (χ4n) is 2.14. The van der Waals surface area contributed by atoms with Crippen molar-refractivity contribution in [2.24, 2.45) is 11.7 Å². The summed E-state index contributed by atoms with van der Waals surface area (Å²) in [4.78, 5) is 4.26. The molecule has 0 bridgehead atoms. The van der Waals surface area contributed by atoms with E-state index >= 15 is 0 Å². The zero-order chi connectivity index (χ0) is 13.1. The summed E-state index contributed by atoms with van der Waals surface area (Å²) in [5, 5.41) is 0. The number of aromatic nitrogens is 2. The lowest BCUT2D eigenvalue weighted by atomic mass is 10.0. The number of hydrogen-bond acceptors (Lipinski definition) is 2. The molecule has 0 saturated heterocycles. The van der Waals surface area contributed by atoms with Gasteiger partial charge in [0, 0.05) is 6.04 Å². The minimum Gasteiger partial charge on any atom is -0.322 e. The van der Waals surface area contributed by atoms with E-state index in [4.69, 9.17) is 5.73 Å². The highest BCUT2D eigenvalue weighted by molar-refractivity contribution is 5.42. The van der Waals surface area contributed by atoms with E-state index in [1.807, 2.05) is 12.5 Å². The summed E-state index contributed by atoms with van der Waals surface area (Å²) in [5.41, 5.74) is 9.82. The first-order valence-electron chi connectivity index (χ1n) is 6.51. The summed E-state index contributed by atoms with van der Waals surface area (Å²) in [5.74, 6) is 0.397. The summed E-state index contributed by atoms with van der Waals surface area (Å²) in [6.07, 6.45) is 4.73. The molecule has 1 heterocycles. The first-order valence-corrected chi connectivity index (χ1v) is 6.51. The standard InChI is InChI=1S/C15H21N3/c1-4-12-7-5-6-8-13(12)18-10-17-9-14(18)15(16)11(2)3/h5-11,15H,4,16H2,1-3H3. The predicted octanol–water partition coefficient (Wildman–Crippen LogP) is 3.09. The molecule has 0 spiro atoms. The molecule has 0 saturated carbocycles. The smallest absolute Gasteiger partial charge is 0.0994 e. The van der Waals surface area contributed by atoms with E-state index in [-0.39, 0.29) is 6.04 Å². The van der Waals surface area contributed by atoms with Crippen molar-refractivity contribution in [3.63, 3.8) is 0 Å². The van der Waals surface area contributed by atoms with Crippen LogP contribution in [0.2, 0.25) is 0 Å². The molecular weight excluding hydrogens is 222 g/mol. The number of benzene rings is 1. The monoisotopic (exact) mass is 243 g/mol. The Kier molecular flexibility index (Phi) is 3.82. The molecule has 96 valence electrons. The van der Waals surface area contributed by atoms with Gasteiger partial charge in [0.05, 0.1) is 23.9 Å². The van der Waals surface area contributed by atoms with E-state index in [9.17, 15) is 0 Å². The second-order valence-corrected chi connectivity index (χ2v) is 4.94. The highest BCUT2D eigenvalue weighted by Crippen LogP contribution is 2.23. The van der Waals surface area contributed by atoms with E-state index in [0.717, 1.165) is 12.1 Å². The van der Waals surface area contributed by atoms with Gasteiger partial charge in [-0.05, 0) is 24.0 Å². The molecule has 1 atom stereocenters. The molecule has 3 heteroatoms. The molecule has 0 fully saturated rings. The maximum absolute atomic E-state index is 6.25. The molecule has 0 amide bonds. The molecule has 2 aromatic rings.